The van der Waals surface area contributed by atoms with Crippen LogP contribution in [0, 0.1) is 5.41 Å². The van der Waals surface area contributed by atoms with Gasteiger partial charge in [0.1, 0.15) is 6.61 Å². The first-order valence-corrected chi connectivity index (χ1v) is 7.49. The summed E-state index contributed by atoms with van der Waals surface area (Å²) in [5, 5.41) is 10.2. The highest BCUT2D eigenvalue weighted by atomic mass is 16.7. The van der Waals surface area contributed by atoms with Crippen LogP contribution in [0.2, 0.25) is 0 Å². The molecule has 1 N–H and O–H groups in total. The zero-order valence-electron chi connectivity index (χ0n) is 13.2. The van der Waals surface area contributed by atoms with E-state index in [-0.39, 0.29) is 18.0 Å². The molecule has 0 radical (unpaired) electrons. The number of rotatable bonds is 6. The van der Waals surface area contributed by atoms with Crippen LogP contribution in [-0.2, 0) is 19.0 Å². The Morgan fingerprint density at radius 3 is 2.64 bits per heavy atom. The lowest BCUT2D eigenvalue weighted by Crippen LogP contribution is -2.46. The van der Waals surface area contributed by atoms with Crippen molar-refractivity contribution in [1.82, 2.24) is 0 Å². The molecular formula is C17H24O5. The van der Waals surface area contributed by atoms with Crippen LogP contribution in [-0.4, -0.2) is 42.8 Å². The molecule has 0 amide bonds. The largest absolute Gasteiger partial charge is 0.458 e. The maximum atomic E-state index is 11.1. The predicted molar refractivity (Wildman–Crippen MR) is 82.0 cm³/mol. The van der Waals surface area contributed by atoms with Crippen molar-refractivity contribution >= 4 is 5.97 Å². The molecule has 2 aliphatic rings. The highest BCUT2D eigenvalue weighted by molar-refractivity contribution is 5.85. The normalized spacial score (nSPS) is 24.9. The van der Waals surface area contributed by atoms with Crippen molar-refractivity contribution in [2.45, 2.75) is 38.6 Å². The van der Waals surface area contributed by atoms with Crippen molar-refractivity contribution in [3.63, 3.8) is 0 Å². The molecule has 5 heteroatoms. The van der Waals surface area contributed by atoms with Crippen LogP contribution in [0.3, 0.4) is 0 Å². The molecule has 1 fully saturated rings. The van der Waals surface area contributed by atoms with Gasteiger partial charge < -0.3 is 19.3 Å². The molecule has 0 spiro atoms. The van der Waals surface area contributed by atoms with E-state index < -0.39 is 11.9 Å². The summed E-state index contributed by atoms with van der Waals surface area (Å²) >= 11 is 0. The van der Waals surface area contributed by atoms with Gasteiger partial charge in [-0.1, -0.05) is 24.8 Å². The molecule has 0 bridgehead atoms. The molecule has 0 aromatic heterocycles. The number of esters is 1. The maximum Gasteiger partial charge on any atom is 0.331 e. The lowest BCUT2D eigenvalue weighted by Gasteiger charge is -2.42. The summed E-state index contributed by atoms with van der Waals surface area (Å²) < 4.78 is 16.4. The van der Waals surface area contributed by atoms with E-state index in [2.05, 4.69) is 6.58 Å². The Bertz CT molecular complexity index is 479. The highest BCUT2D eigenvalue weighted by Crippen LogP contribution is 2.36. The number of carbonyl (C=O) groups excluding carboxylic acids is 1. The van der Waals surface area contributed by atoms with Crippen molar-refractivity contribution in [2.75, 3.05) is 19.8 Å². The zero-order chi connectivity index (χ0) is 16.2. The minimum atomic E-state index is -0.685. The Kier molecular flexibility index (Phi) is 5.21. The van der Waals surface area contributed by atoms with Gasteiger partial charge in [0.2, 0.25) is 0 Å². The number of aliphatic hydroxyl groups excluding tert-OH is 1. The number of carbonyl (C=O) groups is 1. The van der Waals surface area contributed by atoms with Gasteiger partial charge in [-0.15, -0.1) is 0 Å². The van der Waals surface area contributed by atoms with E-state index in [4.69, 9.17) is 14.2 Å². The molecule has 1 atom stereocenters. The second kappa shape index (κ2) is 6.77. The first kappa shape index (κ1) is 16.9. The second-order valence-corrected chi connectivity index (χ2v) is 6.32. The molecule has 0 aromatic carbocycles. The van der Waals surface area contributed by atoms with Gasteiger partial charge >= 0.3 is 5.97 Å². The van der Waals surface area contributed by atoms with E-state index in [1.165, 1.54) is 6.08 Å². The van der Waals surface area contributed by atoms with Crippen LogP contribution >= 0.6 is 0 Å². The molecule has 2 aliphatic heterocycles. The summed E-state index contributed by atoms with van der Waals surface area (Å²) in [5.74, 6) is -0.973. The zero-order valence-corrected chi connectivity index (χ0v) is 13.2. The fourth-order valence-electron chi connectivity index (χ4n) is 2.51. The number of aliphatic hydroxyl groups is 1. The van der Waals surface area contributed by atoms with E-state index in [1.54, 1.807) is 6.08 Å². The quantitative estimate of drug-likeness (QED) is 0.601. The van der Waals surface area contributed by atoms with Crippen LogP contribution in [0.1, 0.15) is 26.7 Å². The van der Waals surface area contributed by atoms with Crippen molar-refractivity contribution in [3.05, 3.63) is 36.5 Å². The van der Waals surface area contributed by atoms with Gasteiger partial charge in [-0.05, 0) is 26.7 Å². The van der Waals surface area contributed by atoms with E-state index in [9.17, 15) is 9.90 Å². The third-order valence-electron chi connectivity index (χ3n) is 4.03. The van der Waals surface area contributed by atoms with Gasteiger partial charge in [-0.2, -0.15) is 0 Å². The van der Waals surface area contributed by atoms with Gasteiger partial charge in [0, 0.05) is 17.1 Å². The molecule has 5 nitrogen and oxygen atoms in total. The van der Waals surface area contributed by atoms with Crippen molar-refractivity contribution in [2.24, 2.45) is 5.41 Å². The topological polar surface area (TPSA) is 65.0 Å². The summed E-state index contributed by atoms with van der Waals surface area (Å²) in [6.07, 6.45) is 7.48. The van der Waals surface area contributed by atoms with Crippen LogP contribution < -0.4 is 0 Å². The van der Waals surface area contributed by atoms with Gasteiger partial charge in [0.25, 0.3) is 0 Å². The molecule has 0 aromatic rings. The average molecular weight is 308 g/mol. The molecule has 122 valence electrons. The third-order valence-corrected chi connectivity index (χ3v) is 4.03. The number of cyclic esters (lactones) is 1. The Morgan fingerprint density at radius 1 is 1.41 bits per heavy atom. The van der Waals surface area contributed by atoms with E-state index >= 15 is 0 Å². The van der Waals surface area contributed by atoms with Gasteiger partial charge in [-0.25, -0.2) is 4.79 Å². The van der Waals surface area contributed by atoms with E-state index in [1.807, 2.05) is 26.0 Å². The minimum Gasteiger partial charge on any atom is -0.458 e. The van der Waals surface area contributed by atoms with E-state index in [0.717, 1.165) is 0 Å². The molecule has 2 heterocycles. The van der Waals surface area contributed by atoms with Crippen molar-refractivity contribution in [1.29, 1.82) is 0 Å². The number of hydrogen-bond acceptors (Lipinski definition) is 5. The Balaban J connectivity index is 1.98. The number of allylic oxidation sites excluding steroid dienone is 2. The third kappa shape index (κ3) is 4.29. The summed E-state index contributed by atoms with van der Waals surface area (Å²) in [6.45, 7) is 8.67. The first-order valence-electron chi connectivity index (χ1n) is 7.49. The monoisotopic (exact) mass is 308 g/mol. The van der Waals surface area contributed by atoms with Crippen LogP contribution in [0.5, 0.6) is 0 Å². The lowest BCUT2D eigenvalue weighted by molar-refractivity contribution is -0.278. The van der Waals surface area contributed by atoms with Gasteiger partial charge in [-0.3, -0.25) is 0 Å². The second-order valence-electron chi connectivity index (χ2n) is 6.32. The van der Waals surface area contributed by atoms with Crippen molar-refractivity contribution < 1.29 is 24.1 Å². The fraction of sp³-hybridized carbons (Fsp3) is 0.588. The van der Waals surface area contributed by atoms with Crippen LogP contribution in [0.4, 0.5) is 0 Å². The molecule has 2 rings (SSSR count). The highest BCUT2D eigenvalue weighted by Gasteiger charge is 2.38. The maximum absolute atomic E-state index is 11.1. The summed E-state index contributed by atoms with van der Waals surface area (Å²) in [5.41, 5.74) is 0.333. The summed E-state index contributed by atoms with van der Waals surface area (Å²) in [6, 6.07) is 0. The van der Waals surface area contributed by atoms with Crippen LogP contribution in [0.25, 0.3) is 0 Å². The van der Waals surface area contributed by atoms with Gasteiger partial charge in [0.05, 0.1) is 19.3 Å². The van der Waals surface area contributed by atoms with Crippen molar-refractivity contribution in [3.8, 4) is 0 Å². The summed E-state index contributed by atoms with van der Waals surface area (Å²) in [4.78, 5) is 11.1. The molecular weight excluding hydrogens is 284 g/mol. The lowest BCUT2D eigenvalue weighted by atomic mass is 9.81. The van der Waals surface area contributed by atoms with Crippen LogP contribution in [0.15, 0.2) is 36.5 Å². The first-order chi connectivity index (χ1) is 10.4. The molecule has 0 unspecified atom stereocenters. The molecule has 0 aliphatic carbocycles. The Labute approximate surface area is 131 Å². The molecule has 1 saturated heterocycles. The average Bonchev–Trinajstić information content (AvgIpc) is 2.92. The fourth-order valence-corrected chi connectivity index (χ4v) is 2.51. The van der Waals surface area contributed by atoms with E-state index in [0.29, 0.717) is 31.6 Å². The molecule has 22 heavy (non-hydrogen) atoms. The standard InChI is InChI=1S/C17H24O5/c1-4-5-7-17(11-21-16(2,3)22-12-17)8-6-14(18)13-9-15(19)20-10-13/h4-5,7,9,14,18H,1,6,8,10-12H2,2-3H3/b7-5+/t14-/m1/s1. The minimum absolute atomic E-state index is 0.176. The Morgan fingerprint density at radius 2 is 2.09 bits per heavy atom. The summed E-state index contributed by atoms with van der Waals surface area (Å²) in [7, 11) is 0. The number of ether oxygens (including phenoxy) is 3. The molecule has 0 saturated carbocycles. The predicted octanol–water partition coefficient (Wildman–Crippen LogP) is 2.12. The number of hydrogen-bond donors (Lipinski definition) is 1. The Hall–Kier alpha value is -1.43. The SMILES string of the molecule is C=C/C=C/C1(CC[C@@H](O)C2=CC(=O)OC2)COC(C)(C)OC1. The smallest absolute Gasteiger partial charge is 0.331 e. The van der Waals surface area contributed by atoms with Gasteiger partial charge in [0.15, 0.2) is 5.79 Å².